The first-order valence-corrected chi connectivity index (χ1v) is 7.02. The lowest BCUT2D eigenvalue weighted by atomic mass is 9.96. The molecule has 0 unspecified atom stereocenters. The number of hydrogen-bond acceptors (Lipinski definition) is 5. The number of hydrogen-bond donors (Lipinski definition) is 1. The molecule has 112 valence electrons. The summed E-state index contributed by atoms with van der Waals surface area (Å²) < 4.78 is 1.60. The normalized spacial score (nSPS) is 10.7. The highest BCUT2D eigenvalue weighted by atomic mass is 16.1. The van der Waals surface area contributed by atoms with E-state index in [9.17, 15) is 9.59 Å². The molecule has 1 N–H and O–H groups in total. The van der Waals surface area contributed by atoms with E-state index >= 15 is 0 Å². The molecule has 3 aromatic rings. The van der Waals surface area contributed by atoms with E-state index in [1.54, 1.807) is 28.9 Å². The van der Waals surface area contributed by atoms with Crippen LogP contribution in [0.2, 0.25) is 6.32 Å². The van der Waals surface area contributed by atoms with Gasteiger partial charge >= 0.3 is 0 Å². The van der Waals surface area contributed by atoms with Gasteiger partial charge in [-0.3, -0.25) is 9.59 Å². The topological polar surface area (TPSA) is 76.4 Å². The molecule has 0 saturated heterocycles. The summed E-state index contributed by atoms with van der Waals surface area (Å²) >= 11 is 0. The van der Waals surface area contributed by atoms with Crippen molar-refractivity contribution in [1.82, 2.24) is 14.6 Å². The molecule has 0 fully saturated rings. The number of anilines is 2. The Balaban J connectivity index is 2.03. The van der Waals surface area contributed by atoms with Crippen molar-refractivity contribution in [3.63, 3.8) is 0 Å². The van der Waals surface area contributed by atoms with Crippen molar-refractivity contribution in [3.8, 4) is 0 Å². The number of carbonyl (C=O) groups excluding carboxylic acids is 2. The van der Waals surface area contributed by atoms with E-state index in [4.69, 9.17) is 7.85 Å². The van der Waals surface area contributed by atoms with Gasteiger partial charge in [0.15, 0.2) is 17.9 Å². The lowest BCUT2D eigenvalue weighted by Gasteiger charge is -2.09. The molecule has 7 heteroatoms. The maximum Gasteiger partial charge on any atom is 0.158 e. The van der Waals surface area contributed by atoms with Crippen molar-refractivity contribution in [2.45, 2.75) is 13.2 Å². The highest BCUT2D eigenvalue weighted by Gasteiger charge is 2.12. The number of aryl methyl sites for hydroxylation is 1. The molecule has 0 spiro atoms. The minimum absolute atomic E-state index is 0.0400. The second-order valence-electron chi connectivity index (χ2n) is 5.06. The highest BCUT2D eigenvalue weighted by molar-refractivity contribution is 6.24. The molecular formula is C16H13BN4O2. The second-order valence-corrected chi connectivity index (χ2v) is 5.06. The number of fused-ring (bicyclic) bond motifs is 1. The summed E-state index contributed by atoms with van der Waals surface area (Å²) in [4.78, 5) is 27.0. The molecular weight excluding hydrogens is 291 g/mol. The van der Waals surface area contributed by atoms with Crippen LogP contribution in [0.1, 0.15) is 26.3 Å². The molecule has 3 rings (SSSR count). The molecule has 23 heavy (non-hydrogen) atoms. The first-order valence-electron chi connectivity index (χ1n) is 7.02. The Bertz CT molecular complexity index is 904. The van der Waals surface area contributed by atoms with Gasteiger partial charge in [-0.05, 0) is 30.9 Å². The van der Waals surface area contributed by atoms with Crippen LogP contribution in [0.25, 0.3) is 5.52 Å². The van der Waals surface area contributed by atoms with Gasteiger partial charge in [-0.15, -0.1) is 0 Å². The minimum Gasteiger partial charge on any atom is -0.338 e. The molecule has 0 atom stereocenters. The number of nitrogens with one attached hydrogen (secondary N) is 1. The van der Waals surface area contributed by atoms with Crippen LogP contribution in [-0.4, -0.2) is 34.5 Å². The van der Waals surface area contributed by atoms with Gasteiger partial charge in [0.2, 0.25) is 0 Å². The average Bonchev–Trinajstić information content (AvgIpc) is 2.91. The summed E-state index contributed by atoms with van der Waals surface area (Å²) in [6.07, 6.45) is 3.80. The number of aromatic nitrogens is 3. The monoisotopic (exact) mass is 304 g/mol. The Kier molecular flexibility index (Phi) is 3.93. The first kappa shape index (κ1) is 15.0. The van der Waals surface area contributed by atoms with Gasteiger partial charge in [-0.25, -0.2) is 9.50 Å². The first-order chi connectivity index (χ1) is 11.1. The van der Waals surface area contributed by atoms with Crippen molar-refractivity contribution in [2.75, 3.05) is 5.32 Å². The van der Waals surface area contributed by atoms with E-state index in [0.717, 1.165) is 11.8 Å². The predicted molar refractivity (Wildman–Crippen MR) is 87.7 cm³/mol. The van der Waals surface area contributed by atoms with Crippen molar-refractivity contribution in [2.24, 2.45) is 0 Å². The van der Waals surface area contributed by atoms with Crippen LogP contribution in [0.15, 0.2) is 36.8 Å². The van der Waals surface area contributed by atoms with Crippen LogP contribution in [0.4, 0.5) is 11.5 Å². The zero-order valence-corrected chi connectivity index (χ0v) is 12.5. The van der Waals surface area contributed by atoms with Gasteiger partial charge in [0.05, 0.1) is 7.85 Å². The zero-order valence-electron chi connectivity index (χ0n) is 12.5. The number of carbonyl (C=O) groups is 2. The Hall–Kier alpha value is -2.96. The van der Waals surface area contributed by atoms with Crippen molar-refractivity contribution < 1.29 is 9.59 Å². The van der Waals surface area contributed by atoms with Gasteiger partial charge in [0.25, 0.3) is 0 Å². The van der Waals surface area contributed by atoms with Crippen LogP contribution in [0.3, 0.4) is 0 Å². The van der Waals surface area contributed by atoms with Gasteiger partial charge in [-0.1, -0.05) is 12.1 Å². The van der Waals surface area contributed by atoms with E-state index in [2.05, 4.69) is 15.4 Å². The lowest BCUT2D eigenvalue weighted by Crippen LogP contribution is -2.02. The van der Waals surface area contributed by atoms with Crippen LogP contribution in [0.5, 0.6) is 0 Å². The summed E-state index contributed by atoms with van der Waals surface area (Å²) in [5.41, 5.74) is 3.30. The van der Waals surface area contributed by atoms with E-state index in [1.807, 2.05) is 13.0 Å². The van der Waals surface area contributed by atoms with E-state index < -0.39 is 0 Å². The SMILES string of the molecule is [B]CC(=O)c1cccc(Nc2ncnn3cc(C=O)c(C)c23)c1. The molecule has 0 aliphatic rings. The van der Waals surface area contributed by atoms with Gasteiger partial charge in [0.1, 0.15) is 11.8 Å². The summed E-state index contributed by atoms with van der Waals surface area (Å²) in [6.45, 7) is 1.84. The van der Waals surface area contributed by atoms with E-state index in [1.165, 1.54) is 6.33 Å². The second kappa shape index (κ2) is 6.04. The summed E-state index contributed by atoms with van der Waals surface area (Å²) in [7, 11) is 5.39. The zero-order chi connectivity index (χ0) is 16.4. The minimum atomic E-state index is -0.136. The highest BCUT2D eigenvalue weighted by Crippen LogP contribution is 2.25. The average molecular weight is 304 g/mol. The number of ketones is 1. The summed E-state index contributed by atoms with van der Waals surface area (Å²) in [6, 6.07) is 7.02. The molecule has 0 amide bonds. The fraction of sp³-hybridized carbons (Fsp3) is 0.125. The Morgan fingerprint density at radius 1 is 1.43 bits per heavy atom. The number of rotatable bonds is 5. The van der Waals surface area contributed by atoms with Crippen LogP contribution in [-0.2, 0) is 0 Å². The molecule has 6 nitrogen and oxygen atoms in total. The largest absolute Gasteiger partial charge is 0.338 e. The number of nitrogens with zero attached hydrogens (tertiary/aromatic N) is 3. The summed E-state index contributed by atoms with van der Waals surface area (Å²) in [5, 5.41) is 7.27. The maximum atomic E-state index is 11.7. The Labute approximate surface area is 133 Å². The molecule has 0 bridgehead atoms. The fourth-order valence-corrected chi connectivity index (χ4v) is 2.41. The molecule has 0 saturated carbocycles. The van der Waals surface area contributed by atoms with E-state index in [0.29, 0.717) is 28.1 Å². The van der Waals surface area contributed by atoms with Gasteiger partial charge in [-0.2, -0.15) is 5.10 Å². The van der Waals surface area contributed by atoms with Crippen molar-refractivity contribution >= 4 is 36.9 Å². The third-order valence-corrected chi connectivity index (χ3v) is 3.63. The molecule has 0 aliphatic heterocycles. The van der Waals surface area contributed by atoms with Crippen molar-refractivity contribution in [1.29, 1.82) is 0 Å². The molecule has 2 aromatic heterocycles. The van der Waals surface area contributed by atoms with E-state index in [-0.39, 0.29) is 12.1 Å². The van der Waals surface area contributed by atoms with Gasteiger partial charge in [0, 0.05) is 23.0 Å². The molecule has 1 aromatic carbocycles. The number of Topliss-reactive ketones (excluding diaryl/α,β-unsaturated/α-hetero) is 1. The third kappa shape index (κ3) is 2.73. The quantitative estimate of drug-likeness (QED) is 0.445. The maximum absolute atomic E-state index is 11.7. The Morgan fingerprint density at radius 3 is 3.00 bits per heavy atom. The van der Waals surface area contributed by atoms with Crippen molar-refractivity contribution in [3.05, 3.63) is 53.5 Å². The molecule has 2 radical (unpaired) electrons. The number of aldehydes is 1. The fourth-order valence-electron chi connectivity index (χ4n) is 2.41. The third-order valence-electron chi connectivity index (χ3n) is 3.63. The van der Waals surface area contributed by atoms with Crippen LogP contribution in [0, 0.1) is 6.92 Å². The standard InChI is InChI=1S/C16H13BN4O2/c1-10-12(8-22)7-21-15(10)16(18-9-19-21)20-13-4-2-3-11(5-13)14(23)6-17/h2-5,7-9H,6H2,1H3,(H,18,19,20). The molecule has 0 aliphatic carbocycles. The Morgan fingerprint density at radius 2 is 2.26 bits per heavy atom. The van der Waals surface area contributed by atoms with Gasteiger partial charge < -0.3 is 5.32 Å². The van der Waals surface area contributed by atoms with Crippen LogP contribution >= 0.6 is 0 Å². The smallest absolute Gasteiger partial charge is 0.158 e. The predicted octanol–water partition coefficient (Wildman–Crippen LogP) is 2.36. The number of benzene rings is 1. The lowest BCUT2D eigenvalue weighted by molar-refractivity contribution is 0.101. The van der Waals surface area contributed by atoms with Crippen LogP contribution < -0.4 is 5.32 Å². The summed E-state index contributed by atoms with van der Waals surface area (Å²) in [5.74, 6) is 0.423. The molecule has 2 heterocycles.